The zero-order valence-corrected chi connectivity index (χ0v) is 8.45. The van der Waals surface area contributed by atoms with E-state index in [1.807, 2.05) is 36.4 Å². The van der Waals surface area contributed by atoms with Crippen molar-refractivity contribution < 1.29 is 5.11 Å². The van der Waals surface area contributed by atoms with Gasteiger partial charge in [-0.2, -0.15) is 0 Å². The van der Waals surface area contributed by atoms with E-state index in [0.29, 0.717) is 0 Å². The molecule has 1 atom stereocenters. The number of halogens is 1. The average Bonchev–Trinajstić information content (AvgIpc) is 2.06. The first-order valence-electron chi connectivity index (χ1n) is 3.80. The quantitative estimate of drug-likeness (QED) is 0.823. The molecule has 0 amide bonds. The Morgan fingerprint density at radius 2 is 2.00 bits per heavy atom. The zero-order chi connectivity index (χ0) is 8.97. The van der Waals surface area contributed by atoms with Gasteiger partial charge in [-0.05, 0) is 18.6 Å². The molecular formula is C10H11BrO. The third kappa shape index (κ3) is 2.80. The Balaban J connectivity index is 2.81. The maximum Gasteiger partial charge on any atom is 0.0826 e. The fourth-order valence-electron chi connectivity index (χ4n) is 0.829. The molecule has 0 fully saturated rings. The van der Waals surface area contributed by atoms with Crippen molar-refractivity contribution in [1.82, 2.24) is 0 Å². The molecule has 0 aliphatic rings. The molecule has 1 aromatic carbocycles. The molecule has 1 nitrogen and oxygen atoms in total. The molecule has 0 saturated heterocycles. The molecule has 0 spiro atoms. The van der Waals surface area contributed by atoms with Gasteiger partial charge in [-0.1, -0.05) is 46.3 Å². The first-order valence-corrected chi connectivity index (χ1v) is 4.59. The molecule has 0 heterocycles. The summed E-state index contributed by atoms with van der Waals surface area (Å²) < 4.78 is 0.800. The van der Waals surface area contributed by atoms with Crippen molar-refractivity contribution >= 4 is 22.0 Å². The predicted molar refractivity (Wildman–Crippen MR) is 55.0 cm³/mol. The van der Waals surface area contributed by atoms with Crippen LogP contribution in [0.2, 0.25) is 0 Å². The van der Waals surface area contributed by atoms with Crippen molar-refractivity contribution in [1.29, 1.82) is 0 Å². The highest BCUT2D eigenvalue weighted by Crippen LogP contribution is 2.15. The monoisotopic (exact) mass is 226 g/mol. The first kappa shape index (κ1) is 9.49. The molecule has 0 saturated carbocycles. The summed E-state index contributed by atoms with van der Waals surface area (Å²) in [6, 6.07) is 9.88. The van der Waals surface area contributed by atoms with Crippen LogP contribution in [0.25, 0.3) is 6.08 Å². The predicted octanol–water partition coefficient (Wildman–Crippen LogP) is 2.80. The number of aliphatic hydroxyl groups is 1. The fraction of sp³-hybridized carbons (Fsp3) is 0.200. The largest absolute Gasteiger partial charge is 0.388 e. The van der Waals surface area contributed by atoms with Gasteiger partial charge in [0.25, 0.3) is 0 Å². The van der Waals surface area contributed by atoms with Crippen LogP contribution in [0.1, 0.15) is 12.5 Å². The Hall–Kier alpha value is -0.600. The third-order valence-corrected chi connectivity index (χ3v) is 2.39. The van der Waals surface area contributed by atoms with E-state index in [1.165, 1.54) is 0 Å². The van der Waals surface area contributed by atoms with E-state index in [-0.39, 0.29) is 0 Å². The maximum absolute atomic E-state index is 9.17. The normalized spacial score (nSPS) is 14.4. The van der Waals surface area contributed by atoms with Crippen LogP contribution in [0.4, 0.5) is 0 Å². The molecule has 0 aliphatic carbocycles. The van der Waals surface area contributed by atoms with E-state index in [4.69, 9.17) is 5.11 Å². The third-order valence-electron chi connectivity index (χ3n) is 1.50. The Morgan fingerprint density at radius 3 is 2.50 bits per heavy atom. The lowest BCUT2D eigenvalue weighted by Gasteiger charge is -2.01. The second kappa shape index (κ2) is 4.43. The molecule has 0 bridgehead atoms. The van der Waals surface area contributed by atoms with Gasteiger partial charge in [0, 0.05) is 4.48 Å². The van der Waals surface area contributed by atoms with Gasteiger partial charge in [0.15, 0.2) is 0 Å². The summed E-state index contributed by atoms with van der Waals surface area (Å²) >= 11 is 3.29. The van der Waals surface area contributed by atoms with Crippen LogP contribution in [0.15, 0.2) is 34.8 Å². The summed E-state index contributed by atoms with van der Waals surface area (Å²) in [5.41, 5.74) is 1.09. The zero-order valence-electron chi connectivity index (χ0n) is 6.87. The summed E-state index contributed by atoms with van der Waals surface area (Å²) in [4.78, 5) is 0. The molecule has 0 aliphatic heterocycles. The molecule has 1 aromatic rings. The van der Waals surface area contributed by atoms with E-state index in [0.717, 1.165) is 10.0 Å². The van der Waals surface area contributed by atoms with Crippen molar-refractivity contribution in [2.45, 2.75) is 13.0 Å². The minimum Gasteiger partial charge on any atom is -0.388 e. The molecule has 2 heteroatoms. The lowest BCUT2D eigenvalue weighted by Crippen LogP contribution is -1.97. The van der Waals surface area contributed by atoms with Crippen molar-refractivity contribution in [3.05, 3.63) is 40.4 Å². The van der Waals surface area contributed by atoms with Crippen molar-refractivity contribution in [2.24, 2.45) is 0 Å². The summed E-state index contributed by atoms with van der Waals surface area (Å²) in [6.45, 7) is 1.73. The minimum absolute atomic E-state index is 0.440. The maximum atomic E-state index is 9.17. The van der Waals surface area contributed by atoms with Crippen LogP contribution < -0.4 is 0 Å². The van der Waals surface area contributed by atoms with Gasteiger partial charge in [-0.25, -0.2) is 0 Å². The SMILES string of the molecule is CC(O)/C(Br)=C\c1ccccc1. The Morgan fingerprint density at radius 1 is 1.42 bits per heavy atom. The molecule has 0 radical (unpaired) electrons. The van der Waals surface area contributed by atoms with Gasteiger partial charge in [-0.15, -0.1) is 0 Å². The number of hydrogen-bond acceptors (Lipinski definition) is 1. The van der Waals surface area contributed by atoms with E-state index in [1.54, 1.807) is 6.92 Å². The van der Waals surface area contributed by atoms with Gasteiger partial charge in [0.2, 0.25) is 0 Å². The Bertz CT molecular complexity index is 264. The number of rotatable bonds is 2. The minimum atomic E-state index is -0.440. The van der Waals surface area contributed by atoms with Crippen LogP contribution in [0, 0.1) is 0 Å². The lowest BCUT2D eigenvalue weighted by atomic mass is 10.2. The molecule has 1 N–H and O–H groups in total. The molecule has 12 heavy (non-hydrogen) atoms. The molecule has 1 unspecified atom stereocenters. The highest BCUT2D eigenvalue weighted by Gasteiger charge is 1.98. The Labute approximate surface area is 80.9 Å². The van der Waals surface area contributed by atoms with Crippen molar-refractivity contribution in [2.75, 3.05) is 0 Å². The second-order valence-electron chi connectivity index (χ2n) is 2.62. The number of benzene rings is 1. The van der Waals surface area contributed by atoms with Crippen LogP contribution in [0.3, 0.4) is 0 Å². The summed E-state index contributed by atoms with van der Waals surface area (Å²) in [5.74, 6) is 0. The molecular weight excluding hydrogens is 216 g/mol. The summed E-state index contributed by atoms with van der Waals surface area (Å²) in [6.07, 6.45) is 1.47. The van der Waals surface area contributed by atoms with Crippen molar-refractivity contribution in [3.63, 3.8) is 0 Å². The summed E-state index contributed by atoms with van der Waals surface area (Å²) in [7, 11) is 0. The van der Waals surface area contributed by atoms with E-state index in [9.17, 15) is 0 Å². The average molecular weight is 227 g/mol. The van der Waals surface area contributed by atoms with E-state index < -0.39 is 6.10 Å². The smallest absolute Gasteiger partial charge is 0.0826 e. The van der Waals surface area contributed by atoms with Gasteiger partial charge < -0.3 is 5.11 Å². The highest BCUT2D eigenvalue weighted by molar-refractivity contribution is 9.11. The van der Waals surface area contributed by atoms with Gasteiger partial charge in [0.1, 0.15) is 0 Å². The van der Waals surface area contributed by atoms with Gasteiger partial charge >= 0.3 is 0 Å². The van der Waals surface area contributed by atoms with Gasteiger partial charge in [-0.3, -0.25) is 0 Å². The summed E-state index contributed by atoms with van der Waals surface area (Å²) in [5, 5.41) is 9.17. The van der Waals surface area contributed by atoms with Crippen molar-refractivity contribution in [3.8, 4) is 0 Å². The van der Waals surface area contributed by atoms with Crippen LogP contribution in [0.5, 0.6) is 0 Å². The molecule has 64 valence electrons. The van der Waals surface area contributed by atoms with Crippen LogP contribution >= 0.6 is 15.9 Å². The first-order chi connectivity index (χ1) is 5.70. The van der Waals surface area contributed by atoms with Crippen LogP contribution in [-0.2, 0) is 0 Å². The van der Waals surface area contributed by atoms with E-state index in [2.05, 4.69) is 15.9 Å². The highest BCUT2D eigenvalue weighted by atomic mass is 79.9. The lowest BCUT2D eigenvalue weighted by molar-refractivity contribution is 0.242. The van der Waals surface area contributed by atoms with Crippen LogP contribution in [-0.4, -0.2) is 11.2 Å². The number of hydrogen-bond donors (Lipinski definition) is 1. The second-order valence-corrected chi connectivity index (χ2v) is 3.53. The number of aliphatic hydroxyl groups excluding tert-OH is 1. The Kier molecular flexibility index (Phi) is 3.50. The fourth-order valence-corrected chi connectivity index (χ4v) is 1.09. The standard InChI is InChI=1S/C10H11BrO/c1-8(12)10(11)7-9-5-3-2-4-6-9/h2-8,12H,1H3/b10-7+. The molecule has 1 rings (SSSR count). The molecule has 0 aromatic heterocycles. The van der Waals surface area contributed by atoms with Gasteiger partial charge in [0.05, 0.1) is 6.10 Å². The topological polar surface area (TPSA) is 20.2 Å². The van der Waals surface area contributed by atoms with E-state index >= 15 is 0 Å².